The third kappa shape index (κ3) is 2.30. The van der Waals surface area contributed by atoms with Gasteiger partial charge in [0.05, 0.1) is 5.56 Å². The van der Waals surface area contributed by atoms with Crippen molar-refractivity contribution in [2.75, 3.05) is 6.54 Å². The van der Waals surface area contributed by atoms with Crippen LogP contribution in [0.2, 0.25) is 0 Å². The fraction of sp³-hybridized carbons (Fsp3) is 0.111. The summed E-state index contributed by atoms with van der Waals surface area (Å²) in [7, 11) is 0. The molecule has 0 fully saturated rings. The molecule has 1 rings (SSSR count). The van der Waals surface area contributed by atoms with Crippen LogP contribution in [0.4, 0.5) is 0 Å². The standard InChI is InChI=1S/C9H10N2O2/c1-2-4-11-9(13)7-6-10-5-3-8(7)12/h2-3,5-6H,1,4H2,(H,10,12)(H,11,13). The first-order valence-corrected chi connectivity index (χ1v) is 3.77. The van der Waals surface area contributed by atoms with Crippen molar-refractivity contribution < 1.29 is 9.90 Å². The number of amides is 1. The molecule has 0 aliphatic heterocycles. The highest BCUT2D eigenvalue weighted by Crippen LogP contribution is 2.12. The molecule has 0 bridgehead atoms. The molecule has 0 aromatic carbocycles. The zero-order valence-electron chi connectivity index (χ0n) is 7.03. The molecule has 0 aliphatic rings. The Balaban J connectivity index is 2.76. The van der Waals surface area contributed by atoms with Crippen LogP contribution in [0.25, 0.3) is 0 Å². The summed E-state index contributed by atoms with van der Waals surface area (Å²) in [5.74, 6) is -0.429. The first-order chi connectivity index (χ1) is 6.25. The van der Waals surface area contributed by atoms with Gasteiger partial charge in [0.1, 0.15) is 5.75 Å². The van der Waals surface area contributed by atoms with Crippen LogP contribution in [0.3, 0.4) is 0 Å². The number of rotatable bonds is 3. The topological polar surface area (TPSA) is 62.2 Å². The fourth-order valence-electron chi connectivity index (χ4n) is 0.822. The molecule has 4 heteroatoms. The molecule has 0 saturated carbocycles. The Morgan fingerprint density at radius 3 is 3.15 bits per heavy atom. The summed E-state index contributed by atoms with van der Waals surface area (Å²) in [5, 5.41) is 11.8. The van der Waals surface area contributed by atoms with Crippen LogP contribution in [0, 0.1) is 0 Å². The summed E-state index contributed by atoms with van der Waals surface area (Å²) in [4.78, 5) is 15.0. The fourth-order valence-corrected chi connectivity index (χ4v) is 0.822. The Labute approximate surface area is 75.9 Å². The van der Waals surface area contributed by atoms with Gasteiger partial charge < -0.3 is 10.4 Å². The van der Waals surface area contributed by atoms with Gasteiger partial charge in [-0.15, -0.1) is 6.58 Å². The van der Waals surface area contributed by atoms with E-state index in [-0.39, 0.29) is 17.2 Å². The highest BCUT2D eigenvalue weighted by molar-refractivity contribution is 5.96. The van der Waals surface area contributed by atoms with Crippen LogP contribution >= 0.6 is 0 Å². The van der Waals surface area contributed by atoms with Crippen LogP contribution < -0.4 is 5.32 Å². The van der Waals surface area contributed by atoms with Gasteiger partial charge in [0, 0.05) is 18.9 Å². The van der Waals surface area contributed by atoms with E-state index in [0.29, 0.717) is 6.54 Å². The minimum Gasteiger partial charge on any atom is -0.507 e. The summed E-state index contributed by atoms with van der Waals surface area (Å²) in [6.07, 6.45) is 4.29. The lowest BCUT2D eigenvalue weighted by Gasteiger charge is -2.02. The van der Waals surface area contributed by atoms with Crippen molar-refractivity contribution in [3.05, 3.63) is 36.7 Å². The molecular weight excluding hydrogens is 168 g/mol. The average Bonchev–Trinajstić information content (AvgIpc) is 2.15. The average molecular weight is 178 g/mol. The van der Waals surface area contributed by atoms with E-state index in [1.165, 1.54) is 18.5 Å². The molecule has 1 amide bonds. The predicted octanol–water partition coefficient (Wildman–Crippen LogP) is 0.703. The van der Waals surface area contributed by atoms with Crippen LogP contribution in [0.5, 0.6) is 5.75 Å². The maximum absolute atomic E-state index is 11.3. The van der Waals surface area contributed by atoms with Crippen LogP contribution in [0.15, 0.2) is 31.1 Å². The molecule has 1 aromatic rings. The first-order valence-electron chi connectivity index (χ1n) is 3.77. The molecule has 4 nitrogen and oxygen atoms in total. The molecule has 1 heterocycles. The molecule has 0 unspecified atom stereocenters. The number of aromatic hydroxyl groups is 1. The number of aromatic nitrogens is 1. The Hall–Kier alpha value is -1.84. The third-order valence-electron chi connectivity index (χ3n) is 1.45. The second-order valence-electron chi connectivity index (χ2n) is 2.39. The maximum Gasteiger partial charge on any atom is 0.256 e. The van der Waals surface area contributed by atoms with Gasteiger partial charge in [-0.3, -0.25) is 9.78 Å². The maximum atomic E-state index is 11.3. The number of nitrogens with one attached hydrogen (secondary N) is 1. The van der Waals surface area contributed by atoms with Gasteiger partial charge in [-0.1, -0.05) is 6.08 Å². The molecule has 0 atom stereocenters. The van der Waals surface area contributed by atoms with Gasteiger partial charge >= 0.3 is 0 Å². The van der Waals surface area contributed by atoms with E-state index < -0.39 is 0 Å². The van der Waals surface area contributed by atoms with Crippen molar-refractivity contribution in [3.8, 4) is 5.75 Å². The van der Waals surface area contributed by atoms with Crippen LogP contribution in [-0.2, 0) is 0 Å². The first kappa shape index (κ1) is 9.25. The summed E-state index contributed by atoms with van der Waals surface area (Å²) in [6.45, 7) is 3.82. The smallest absolute Gasteiger partial charge is 0.256 e. The minimum absolute atomic E-state index is 0.0726. The molecule has 0 spiro atoms. The van der Waals surface area contributed by atoms with Gasteiger partial charge in [-0.2, -0.15) is 0 Å². The Kier molecular flexibility index (Phi) is 3.03. The van der Waals surface area contributed by atoms with Crippen molar-refractivity contribution in [2.24, 2.45) is 0 Å². The summed E-state index contributed by atoms with van der Waals surface area (Å²) >= 11 is 0. The van der Waals surface area contributed by atoms with Gasteiger partial charge in [0.15, 0.2) is 0 Å². The number of nitrogens with zero attached hydrogens (tertiary/aromatic N) is 1. The number of hydrogen-bond acceptors (Lipinski definition) is 3. The molecule has 0 radical (unpaired) electrons. The Morgan fingerprint density at radius 2 is 2.54 bits per heavy atom. The number of hydrogen-bond donors (Lipinski definition) is 2. The zero-order valence-corrected chi connectivity index (χ0v) is 7.03. The van der Waals surface area contributed by atoms with E-state index in [0.717, 1.165) is 0 Å². The lowest BCUT2D eigenvalue weighted by atomic mass is 10.2. The SMILES string of the molecule is C=CCNC(=O)c1cnccc1O. The zero-order chi connectivity index (χ0) is 9.68. The number of carbonyl (C=O) groups excluding carboxylic acids is 1. The number of carbonyl (C=O) groups is 1. The van der Waals surface area contributed by atoms with Crippen LogP contribution in [0.1, 0.15) is 10.4 Å². The van der Waals surface area contributed by atoms with Crippen LogP contribution in [-0.4, -0.2) is 22.5 Å². The van der Waals surface area contributed by atoms with Gasteiger partial charge in [-0.25, -0.2) is 0 Å². The summed E-state index contributed by atoms with van der Waals surface area (Å²) < 4.78 is 0. The predicted molar refractivity (Wildman–Crippen MR) is 48.4 cm³/mol. The van der Waals surface area contributed by atoms with Crippen molar-refractivity contribution >= 4 is 5.91 Å². The van der Waals surface area contributed by atoms with Crippen molar-refractivity contribution in [3.63, 3.8) is 0 Å². The van der Waals surface area contributed by atoms with E-state index in [4.69, 9.17) is 0 Å². The molecule has 0 aliphatic carbocycles. The second kappa shape index (κ2) is 4.25. The highest BCUT2D eigenvalue weighted by Gasteiger charge is 2.08. The second-order valence-corrected chi connectivity index (χ2v) is 2.39. The Morgan fingerprint density at radius 1 is 1.77 bits per heavy atom. The summed E-state index contributed by atoms with van der Waals surface area (Å²) in [5.41, 5.74) is 0.171. The van der Waals surface area contributed by atoms with E-state index in [2.05, 4.69) is 16.9 Å². The van der Waals surface area contributed by atoms with Gasteiger partial charge in [-0.05, 0) is 6.07 Å². The van der Waals surface area contributed by atoms with E-state index in [1.807, 2.05) is 0 Å². The molecule has 0 saturated heterocycles. The third-order valence-corrected chi connectivity index (χ3v) is 1.45. The molecule has 68 valence electrons. The molecule has 2 N–H and O–H groups in total. The Bertz CT molecular complexity index is 323. The van der Waals surface area contributed by atoms with Crippen molar-refractivity contribution in [2.45, 2.75) is 0 Å². The quantitative estimate of drug-likeness (QED) is 0.670. The summed E-state index contributed by atoms with van der Waals surface area (Å²) in [6, 6.07) is 1.36. The van der Waals surface area contributed by atoms with Gasteiger partial charge in [0.2, 0.25) is 0 Å². The van der Waals surface area contributed by atoms with E-state index in [9.17, 15) is 9.90 Å². The molecular formula is C9H10N2O2. The van der Waals surface area contributed by atoms with E-state index >= 15 is 0 Å². The lowest BCUT2D eigenvalue weighted by Crippen LogP contribution is -2.23. The van der Waals surface area contributed by atoms with E-state index in [1.54, 1.807) is 6.08 Å². The number of pyridine rings is 1. The molecule has 1 aromatic heterocycles. The van der Waals surface area contributed by atoms with Gasteiger partial charge in [0.25, 0.3) is 5.91 Å². The monoisotopic (exact) mass is 178 g/mol. The van der Waals surface area contributed by atoms with Crippen molar-refractivity contribution in [1.29, 1.82) is 0 Å². The normalized spacial score (nSPS) is 9.23. The van der Waals surface area contributed by atoms with Crippen molar-refractivity contribution in [1.82, 2.24) is 10.3 Å². The highest BCUT2D eigenvalue weighted by atomic mass is 16.3. The largest absolute Gasteiger partial charge is 0.507 e. The lowest BCUT2D eigenvalue weighted by molar-refractivity contribution is 0.0955. The minimum atomic E-state index is -0.356. The molecule has 13 heavy (non-hydrogen) atoms.